The molecule has 3 N–H and O–H groups in total. The molecule has 1 aliphatic heterocycles. The maximum atomic E-state index is 12.1. The minimum Gasteiger partial charge on any atom is -0.347 e. The van der Waals surface area contributed by atoms with Crippen molar-refractivity contribution in [1.82, 2.24) is 20.6 Å². The van der Waals surface area contributed by atoms with Crippen LogP contribution in [0.1, 0.15) is 38.6 Å². The largest absolute Gasteiger partial charge is 0.347 e. The number of nitrogens with zero attached hydrogens (tertiary/aromatic N) is 1. The van der Waals surface area contributed by atoms with Crippen LogP contribution in [0.4, 0.5) is 0 Å². The van der Waals surface area contributed by atoms with Crippen molar-refractivity contribution in [2.45, 2.75) is 38.8 Å². The summed E-state index contributed by atoms with van der Waals surface area (Å²) >= 11 is 0. The molecule has 0 aromatic carbocycles. The fourth-order valence-corrected chi connectivity index (χ4v) is 2.28. The Morgan fingerprint density at radius 3 is 3.06 bits per heavy atom. The molecule has 0 radical (unpaired) electrons. The summed E-state index contributed by atoms with van der Waals surface area (Å²) in [4.78, 5) is 19.3. The topological polar surface area (TPSA) is 69.8 Å². The molecule has 1 saturated heterocycles. The molecular weight excluding hydrogens is 216 g/mol. The van der Waals surface area contributed by atoms with Gasteiger partial charge in [-0.2, -0.15) is 0 Å². The van der Waals surface area contributed by atoms with Crippen LogP contribution < -0.4 is 10.6 Å². The van der Waals surface area contributed by atoms with Crippen LogP contribution in [0.25, 0.3) is 0 Å². The second-order valence-corrected chi connectivity index (χ2v) is 4.64. The molecule has 1 aliphatic rings. The molecule has 0 spiro atoms. The Morgan fingerprint density at radius 1 is 1.71 bits per heavy atom. The second-order valence-electron chi connectivity index (χ2n) is 4.64. The van der Waals surface area contributed by atoms with Crippen LogP contribution in [0.3, 0.4) is 0 Å². The van der Waals surface area contributed by atoms with Crippen LogP contribution in [0.2, 0.25) is 0 Å². The first kappa shape index (κ1) is 12.1. The number of carbonyl (C=O) groups excluding carboxylic acids is 1. The Hall–Kier alpha value is -1.36. The number of amides is 1. The molecule has 0 saturated carbocycles. The van der Waals surface area contributed by atoms with E-state index in [1.165, 1.54) is 0 Å². The van der Waals surface area contributed by atoms with Crippen LogP contribution >= 0.6 is 0 Å². The predicted molar refractivity (Wildman–Crippen MR) is 65.3 cm³/mol. The van der Waals surface area contributed by atoms with E-state index in [2.05, 4.69) is 27.5 Å². The van der Waals surface area contributed by atoms with E-state index in [0.29, 0.717) is 5.92 Å². The average molecular weight is 236 g/mol. The highest BCUT2D eigenvalue weighted by Crippen LogP contribution is 2.17. The zero-order chi connectivity index (χ0) is 12.3. The van der Waals surface area contributed by atoms with Gasteiger partial charge < -0.3 is 15.6 Å². The van der Waals surface area contributed by atoms with E-state index in [4.69, 9.17) is 0 Å². The summed E-state index contributed by atoms with van der Waals surface area (Å²) in [6.45, 7) is 5.08. The Labute approximate surface area is 101 Å². The van der Waals surface area contributed by atoms with Crippen molar-refractivity contribution in [3.63, 3.8) is 0 Å². The normalized spacial score (nSPS) is 25.8. The summed E-state index contributed by atoms with van der Waals surface area (Å²) in [6, 6.07) is -0.0777. The number of hydrogen-bond acceptors (Lipinski definition) is 3. The van der Waals surface area contributed by atoms with Gasteiger partial charge in [0, 0.05) is 12.4 Å². The van der Waals surface area contributed by atoms with Crippen LogP contribution in [-0.2, 0) is 4.79 Å². The number of imidazole rings is 1. The van der Waals surface area contributed by atoms with Gasteiger partial charge >= 0.3 is 0 Å². The van der Waals surface area contributed by atoms with Gasteiger partial charge in [0.1, 0.15) is 5.82 Å². The third-order valence-electron chi connectivity index (χ3n) is 3.39. The highest BCUT2D eigenvalue weighted by Gasteiger charge is 2.30. The Kier molecular flexibility index (Phi) is 3.78. The molecule has 5 nitrogen and oxygen atoms in total. The van der Waals surface area contributed by atoms with E-state index in [9.17, 15) is 4.79 Å². The number of aromatic nitrogens is 2. The molecule has 1 aromatic rings. The van der Waals surface area contributed by atoms with E-state index >= 15 is 0 Å². The van der Waals surface area contributed by atoms with Crippen LogP contribution in [-0.4, -0.2) is 28.5 Å². The second kappa shape index (κ2) is 5.31. The van der Waals surface area contributed by atoms with E-state index in [1.807, 2.05) is 6.92 Å². The summed E-state index contributed by atoms with van der Waals surface area (Å²) in [6.07, 6.45) is 5.39. The van der Waals surface area contributed by atoms with Crippen molar-refractivity contribution in [2.24, 2.45) is 5.92 Å². The molecule has 94 valence electrons. The van der Waals surface area contributed by atoms with Gasteiger partial charge in [-0.05, 0) is 25.3 Å². The highest BCUT2D eigenvalue weighted by molar-refractivity contribution is 5.82. The molecule has 1 aromatic heterocycles. The lowest BCUT2D eigenvalue weighted by molar-refractivity contribution is -0.124. The fraction of sp³-hybridized carbons (Fsp3) is 0.667. The predicted octanol–water partition coefficient (Wildman–Crippen LogP) is 0.975. The zero-order valence-electron chi connectivity index (χ0n) is 10.4. The lowest BCUT2D eigenvalue weighted by atomic mass is 10.0. The van der Waals surface area contributed by atoms with Gasteiger partial charge in [-0.25, -0.2) is 4.98 Å². The lowest BCUT2D eigenvalue weighted by Gasteiger charge is -2.20. The first-order chi connectivity index (χ1) is 8.22. The fourth-order valence-electron chi connectivity index (χ4n) is 2.28. The summed E-state index contributed by atoms with van der Waals surface area (Å²) in [7, 11) is 0. The van der Waals surface area contributed by atoms with Crippen LogP contribution in [0.15, 0.2) is 12.4 Å². The molecule has 1 amide bonds. The summed E-state index contributed by atoms with van der Waals surface area (Å²) in [5.41, 5.74) is 0. The maximum Gasteiger partial charge on any atom is 0.238 e. The number of hydrogen-bond donors (Lipinski definition) is 3. The molecule has 1 fully saturated rings. The van der Waals surface area contributed by atoms with Crippen molar-refractivity contribution in [3.05, 3.63) is 18.2 Å². The van der Waals surface area contributed by atoms with Crippen molar-refractivity contribution in [3.8, 4) is 0 Å². The van der Waals surface area contributed by atoms with Crippen molar-refractivity contribution < 1.29 is 4.79 Å². The Balaban J connectivity index is 1.97. The highest BCUT2D eigenvalue weighted by atomic mass is 16.2. The minimum atomic E-state index is -0.0565. The van der Waals surface area contributed by atoms with E-state index in [0.717, 1.165) is 25.2 Å². The van der Waals surface area contributed by atoms with Crippen molar-refractivity contribution in [1.29, 1.82) is 0 Å². The minimum absolute atomic E-state index is 0.0212. The van der Waals surface area contributed by atoms with E-state index in [-0.39, 0.29) is 18.0 Å². The van der Waals surface area contributed by atoms with Gasteiger partial charge in [0.25, 0.3) is 0 Å². The van der Waals surface area contributed by atoms with Gasteiger partial charge in [0.05, 0.1) is 12.1 Å². The lowest BCUT2D eigenvalue weighted by Crippen LogP contribution is -2.44. The molecule has 5 heteroatoms. The van der Waals surface area contributed by atoms with E-state index < -0.39 is 0 Å². The average Bonchev–Trinajstić information content (AvgIpc) is 2.96. The van der Waals surface area contributed by atoms with Crippen molar-refractivity contribution in [2.75, 3.05) is 6.54 Å². The van der Waals surface area contributed by atoms with Gasteiger partial charge in [0.15, 0.2) is 0 Å². The first-order valence-corrected chi connectivity index (χ1v) is 6.25. The summed E-state index contributed by atoms with van der Waals surface area (Å²) in [5.74, 6) is 1.31. The summed E-state index contributed by atoms with van der Waals surface area (Å²) < 4.78 is 0. The van der Waals surface area contributed by atoms with Gasteiger partial charge in [-0.1, -0.05) is 13.8 Å². The third kappa shape index (κ3) is 2.66. The zero-order valence-corrected chi connectivity index (χ0v) is 10.4. The number of H-pyrrole nitrogens is 1. The smallest absolute Gasteiger partial charge is 0.238 e. The number of rotatable bonds is 4. The molecule has 0 aliphatic carbocycles. The molecule has 2 rings (SSSR count). The quantitative estimate of drug-likeness (QED) is 0.729. The monoisotopic (exact) mass is 236 g/mol. The maximum absolute atomic E-state index is 12.1. The molecular formula is C12H20N4O. The Bertz CT molecular complexity index is 363. The molecule has 0 bridgehead atoms. The molecule has 17 heavy (non-hydrogen) atoms. The summed E-state index contributed by atoms with van der Waals surface area (Å²) in [5, 5.41) is 6.28. The number of carbonyl (C=O) groups is 1. The van der Waals surface area contributed by atoms with Crippen molar-refractivity contribution >= 4 is 5.91 Å². The molecule has 2 heterocycles. The molecule has 3 unspecified atom stereocenters. The Morgan fingerprint density at radius 2 is 2.53 bits per heavy atom. The number of nitrogens with one attached hydrogen (secondary N) is 3. The first-order valence-electron chi connectivity index (χ1n) is 6.25. The molecule has 3 atom stereocenters. The van der Waals surface area contributed by atoms with Gasteiger partial charge in [-0.3, -0.25) is 4.79 Å². The van der Waals surface area contributed by atoms with Gasteiger partial charge in [0.2, 0.25) is 5.91 Å². The number of aromatic amines is 1. The standard InChI is InChI=1S/C12H20N4O/c1-3-9(11-14-6-7-15-11)16-12(17)10-8(2)4-5-13-10/h6-10,13H,3-5H2,1-2H3,(H,14,15)(H,16,17). The van der Waals surface area contributed by atoms with Gasteiger partial charge in [-0.15, -0.1) is 0 Å². The van der Waals surface area contributed by atoms with E-state index in [1.54, 1.807) is 12.4 Å². The SMILES string of the molecule is CCC(NC(=O)C1NCCC1C)c1ncc[nH]1. The van der Waals surface area contributed by atoms with Crippen LogP contribution in [0.5, 0.6) is 0 Å². The third-order valence-corrected chi connectivity index (χ3v) is 3.39. The van der Waals surface area contributed by atoms with Crippen LogP contribution in [0, 0.1) is 5.92 Å².